The van der Waals surface area contributed by atoms with E-state index >= 15 is 0 Å². The first-order valence-electron chi connectivity index (χ1n) is 7.87. The smallest absolute Gasteiger partial charge is 0.306 e. The first-order valence-corrected chi connectivity index (χ1v) is 7.87. The minimum absolute atomic E-state index is 0.109. The Morgan fingerprint density at radius 2 is 1.80 bits per heavy atom. The van der Waals surface area contributed by atoms with Crippen LogP contribution in [-0.2, 0) is 20.7 Å². The van der Waals surface area contributed by atoms with Gasteiger partial charge in [-0.1, -0.05) is 24.3 Å². The van der Waals surface area contributed by atoms with Gasteiger partial charge in [-0.25, -0.2) is 4.39 Å². The number of hydrogen-bond donors (Lipinski definition) is 1. The summed E-state index contributed by atoms with van der Waals surface area (Å²) in [7, 11) is 1.50. The minimum atomic E-state index is -0.939. The second kappa shape index (κ2) is 8.82. The average Bonchev–Trinajstić information content (AvgIpc) is 2.61. The molecule has 0 aliphatic carbocycles. The van der Waals surface area contributed by atoms with Crippen LogP contribution in [0.5, 0.6) is 5.75 Å². The molecule has 6 heteroatoms. The lowest BCUT2D eigenvalue weighted by molar-refractivity contribution is -0.153. The van der Waals surface area contributed by atoms with Crippen molar-refractivity contribution in [1.82, 2.24) is 0 Å². The van der Waals surface area contributed by atoms with E-state index in [-0.39, 0.29) is 12.2 Å². The van der Waals surface area contributed by atoms with Crippen molar-refractivity contribution in [2.24, 2.45) is 0 Å². The van der Waals surface area contributed by atoms with Gasteiger partial charge in [-0.2, -0.15) is 0 Å². The Hall–Kier alpha value is -2.89. The van der Waals surface area contributed by atoms with Crippen molar-refractivity contribution in [3.8, 4) is 5.75 Å². The molecule has 0 radical (unpaired) electrons. The summed E-state index contributed by atoms with van der Waals surface area (Å²) in [6, 6.07) is 12.9. The molecule has 0 aromatic heterocycles. The van der Waals surface area contributed by atoms with Crippen molar-refractivity contribution < 1.29 is 23.5 Å². The SMILES string of the molecule is COc1ccccc1NC(=O)[C@@H](C)OC(=O)CCc1ccc(F)cc1. The molecule has 5 nitrogen and oxygen atoms in total. The van der Waals surface area contributed by atoms with Crippen LogP contribution < -0.4 is 10.1 Å². The van der Waals surface area contributed by atoms with Crippen molar-refractivity contribution in [3.05, 3.63) is 59.9 Å². The number of esters is 1. The highest BCUT2D eigenvalue weighted by Gasteiger charge is 2.19. The Labute approximate surface area is 145 Å². The van der Waals surface area contributed by atoms with E-state index in [2.05, 4.69) is 5.32 Å². The molecule has 1 atom stereocenters. The van der Waals surface area contributed by atoms with E-state index < -0.39 is 18.0 Å². The number of ether oxygens (including phenoxy) is 2. The third-order valence-electron chi connectivity index (χ3n) is 3.57. The monoisotopic (exact) mass is 345 g/mol. The number of amides is 1. The first kappa shape index (κ1) is 18.4. The van der Waals surface area contributed by atoms with E-state index in [0.29, 0.717) is 17.9 Å². The molecule has 0 heterocycles. The summed E-state index contributed by atoms with van der Waals surface area (Å²) in [5.41, 5.74) is 1.33. The summed E-state index contributed by atoms with van der Waals surface area (Å²) in [6.07, 6.45) is -0.414. The minimum Gasteiger partial charge on any atom is -0.495 e. The number of hydrogen-bond acceptors (Lipinski definition) is 4. The van der Waals surface area contributed by atoms with E-state index in [0.717, 1.165) is 5.56 Å². The number of rotatable bonds is 7. The number of halogens is 1. The van der Waals surface area contributed by atoms with Gasteiger partial charge in [0, 0.05) is 6.42 Å². The van der Waals surface area contributed by atoms with Gasteiger partial charge in [-0.3, -0.25) is 9.59 Å². The second-order valence-electron chi connectivity index (χ2n) is 5.45. The van der Waals surface area contributed by atoms with E-state index in [1.54, 1.807) is 36.4 Å². The Morgan fingerprint density at radius 3 is 2.48 bits per heavy atom. The highest BCUT2D eigenvalue weighted by molar-refractivity contribution is 5.96. The number of nitrogens with one attached hydrogen (secondary N) is 1. The zero-order chi connectivity index (χ0) is 18.2. The molecule has 2 aromatic rings. The van der Waals surface area contributed by atoms with Gasteiger partial charge in [-0.15, -0.1) is 0 Å². The van der Waals surface area contributed by atoms with E-state index in [1.807, 2.05) is 0 Å². The standard InChI is InChI=1S/C19H20FNO4/c1-13(19(23)21-16-5-3-4-6-17(16)24-2)25-18(22)12-9-14-7-10-15(20)11-8-14/h3-8,10-11,13H,9,12H2,1-2H3,(H,21,23)/t13-/m1/s1. The van der Waals surface area contributed by atoms with Gasteiger partial charge < -0.3 is 14.8 Å². The predicted molar refractivity (Wildman–Crippen MR) is 91.9 cm³/mol. The Morgan fingerprint density at radius 1 is 1.12 bits per heavy atom. The number of methoxy groups -OCH3 is 1. The fourth-order valence-corrected chi connectivity index (χ4v) is 2.19. The molecule has 1 amide bonds. The van der Waals surface area contributed by atoms with Crippen LogP contribution in [0.4, 0.5) is 10.1 Å². The maximum absolute atomic E-state index is 12.8. The van der Waals surface area contributed by atoms with Crippen LogP contribution in [0.1, 0.15) is 18.9 Å². The summed E-state index contributed by atoms with van der Waals surface area (Å²) in [4.78, 5) is 24.0. The van der Waals surface area contributed by atoms with Crippen LogP contribution in [0.15, 0.2) is 48.5 Å². The first-order chi connectivity index (χ1) is 12.0. The molecule has 0 bridgehead atoms. The van der Waals surface area contributed by atoms with Crippen LogP contribution >= 0.6 is 0 Å². The van der Waals surface area contributed by atoms with Crippen molar-refractivity contribution in [2.45, 2.75) is 25.9 Å². The van der Waals surface area contributed by atoms with Crippen molar-refractivity contribution in [3.63, 3.8) is 0 Å². The largest absolute Gasteiger partial charge is 0.495 e. The molecule has 0 aliphatic rings. The van der Waals surface area contributed by atoms with Gasteiger partial charge >= 0.3 is 5.97 Å². The molecule has 2 aromatic carbocycles. The molecule has 132 valence electrons. The highest BCUT2D eigenvalue weighted by atomic mass is 19.1. The van der Waals surface area contributed by atoms with E-state index in [9.17, 15) is 14.0 Å². The fraction of sp³-hybridized carbons (Fsp3) is 0.263. The third kappa shape index (κ3) is 5.60. The molecule has 0 aliphatic heterocycles. The summed E-state index contributed by atoms with van der Waals surface area (Å²) in [6.45, 7) is 1.50. The van der Waals surface area contributed by atoms with E-state index in [1.165, 1.54) is 26.2 Å². The topological polar surface area (TPSA) is 64.6 Å². The summed E-state index contributed by atoms with van der Waals surface area (Å²) in [5.74, 6) is -0.745. The van der Waals surface area contributed by atoms with E-state index in [4.69, 9.17) is 9.47 Å². The summed E-state index contributed by atoms with van der Waals surface area (Å²) >= 11 is 0. The van der Waals surface area contributed by atoms with Gasteiger partial charge in [0.2, 0.25) is 0 Å². The molecular weight excluding hydrogens is 325 g/mol. The van der Waals surface area contributed by atoms with Gasteiger partial charge in [0.25, 0.3) is 5.91 Å². The second-order valence-corrected chi connectivity index (χ2v) is 5.45. The number of benzene rings is 2. The molecule has 0 fully saturated rings. The zero-order valence-corrected chi connectivity index (χ0v) is 14.1. The number of anilines is 1. The molecule has 0 saturated heterocycles. The third-order valence-corrected chi connectivity index (χ3v) is 3.57. The molecular formula is C19H20FNO4. The lowest BCUT2D eigenvalue weighted by atomic mass is 10.1. The van der Waals surface area contributed by atoms with Crippen molar-refractivity contribution in [2.75, 3.05) is 12.4 Å². The van der Waals surface area contributed by atoms with Crippen LogP contribution in [0.2, 0.25) is 0 Å². The molecule has 25 heavy (non-hydrogen) atoms. The summed E-state index contributed by atoms with van der Waals surface area (Å²) in [5, 5.41) is 2.66. The summed E-state index contributed by atoms with van der Waals surface area (Å²) < 4.78 is 23.1. The van der Waals surface area contributed by atoms with Gasteiger partial charge in [-0.05, 0) is 43.2 Å². The number of aryl methyl sites for hydroxylation is 1. The van der Waals surface area contributed by atoms with Crippen LogP contribution in [0, 0.1) is 5.82 Å². The van der Waals surface area contributed by atoms with Crippen molar-refractivity contribution in [1.29, 1.82) is 0 Å². The quantitative estimate of drug-likeness (QED) is 0.782. The molecule has 2 rings (SSSR count). The Kier molecular flexibility index (Phi) is 6.51. The lowest BCUT2D eigenvalue weighted by Crippen LogP contribution is -2.30. The highest BCUT2D eigenvalue weighted by Crippen LogP contribution is 2.23. The molecule has 0 unspecified atom stereocenters. The fourth-order valence-electron chi connectivity index (χ4n) is 2.19. The van der Waals surface area contributed by atoms with Crippen LogP contribution in [0.25, 0.3) is 0 Å². The normalized spacial score (nSPS) is 11.5. The number of carbonyl (C=O) groups excluding carboxylic acids is 2. The average molecular weight is 345 g/mol. The lowest BCUT2D eigenvalue weighted by Gasteiger charge is -2.15. The molecule has 1 N–H and O–H groups in total. The maximum atomic E-state index is 12.8. The Balaban J connectivity index is 1.83. The van der Waals surface area contributed by atoms with Gasteiger partial charge in [0.15, 0.2) is 6.10 Å². The Bertz CT molecular complexity index is 730. The number of carbonyl (C=O) groups is 2. The van der Waals surface area contributed by atoms with Gasteiger partial charge in [0.1, 0.15) is 11.6 Å². The molecule has 0 saturated carbocycles. The predicted octanol–water partition coefficient (Wildman–Crippen LogP) is 3.34. The molecule has 0 spiro atoms. The van der Waals surface area contributed by atoms with Crippen molar-refractivity contribution >= 4 is 17.6 Å². The van der Waals surface area contributed by atoms with Crippen LogP contribution in [-0.4, -0.2) is 25.1 Å². The number of para-hydroxylation sites is 2. The maximum Gasteiger partial charge on any atom is 0.306 e. The van der Waals surface area contributed by atoms with Gasteiger partial charge in [0.05, 0.1) is 12.8 Å². The zero-order valence-electron chi connectivity index (χ0n) is 14.1. The van der Waals surface area contributed by atoms with Crippen LogP contribution in [0.3, 0.4) is 0 Å².